The predicted octanol–water partition coefficient (Wildman–Crippen LogP) is 2.56. The average Bonchev–Trinajstić information content (AvgIpc) is 2.01. The van der Waals surface area contributed by atoms with Gasteiger partial charge >= 0.3 is 0 Å². The van der Waals surface area contributed by atoms with Crippen molar-refractivity contribution in [1.82, 2.24) is 0 Å². The Bertz CT molecular complexity index is 330. The molecule has 0 bridgehead atoms. The highest BCUT2D eigenvalue weighted by atomic mass is 79.9. The van der Waals surface area contributed by atoms with Crippen molar-refractivity contribution in [1.29, 1.82) is 5.26 Å². The van der Waals surface area contributed by atoms with Gasteiger partial charge in [-0.1, -0.05) is 11.6 Å². The van der Waals surface area contributed by atoms with Crippen molar-refractivity contribution in [3.05, 3.63) is 27.2 Å². The van der Waals surface area contributed by atoms with Crippen LogP contribution in [0.1, 0.15) is 5.56 Å². The molecule has 0 heterocycles. The van der Waals surface area contributed by atoms with Gasteiger partial charge < -0.3 is 5.73 Å². The highest BCUT2D eigenvalue weighted by molar-refractivity contribution is 9.10. The fourth-order valence-corrected chi connectivity index (χ4v) is 1.17. The Kier molecular flexibility index (Phi) is 2.38. The van der Waals surface area contributed by atoms with Crippen LogP contribution in [0.2, 0.25) is 5.02 Å². The zero-order chi connectivity index (χ0) is 8.43. The molecule has 1 rings (SSSR count). The second-order valence-corrected chi connectivity index (χ2v) is 3.13. The number of nitrogen functional groups attached to an aromatic ring is 1. The standard InChI is InChI=1S/C7H4BrClN2/c8-6-5(9)2-1-4(3-10)7(6)11/h1-2H,11H2. The van der Waals surface area contributed by atoms with Crippen LogP contribution in [0.5, 0.6) is 0 Å². The van der Waals surface area contributed by atoms with E-state index in [0.29, 0.717) is 20.7 Å². The highest BCUT2D eigenvalue weighted by Crippen LogP contribution is 2.30. The van der Waals surface area contributed by atoms with Gasteiger partial charge in [0.2, 0.25) is 0 Å². The number of rotatable bonds is 0. The van der Waals surface area contributed by atoms with Crippen molar-refractivity contribution in [3.8, 4) is 6.07 Å². The minimum atomic E-state index is 0.389. The molecule has 0 amide bonds. The van der Waals surface area contributed by atoms with Crippen LogP contribution < -0.4 is 5.73 Å². The third-order valence-electron chi connectivity index (χ3n) is 1.25. The highest BCUT2D eigenvalue weighted by Gasteiger charge is 2.05. The van der Waals surface area contributed by atoms with Crippen LogP contribution in [0.15, 0.2) is 16.6 Å². The molecule has 0 radical (unpaired) electrons. The first-order valence-electron chi connectivity index (χ1n) is 2.80. The summed E-state index contributed by atoms with van der Waals surface area (Å²) in [6.07, 6.45) is 0. The predicted molar refractivity (Wildman–Crippen MR) is 48.3 cm³/mol. The third kappa shape index (κ3) is 1.47. The zero-order valence-electron chi connectivity index (χ0n) is 5.44. The van der Waals surface area contributed by atoms with Crippen molar-refractivity contribution < 1.29 is 0 Å². The number of benzene rings is 1. The summed E-state index contributed by atoms with van der Waals surface area (Å²) in [6.45, 7) is 0. The summed E-state index contributed by atoms with van der Waals surface area (Å²) in [5.74, 6) is 0. The van der Waals surface area contributed by atoms with E-state index in [1.54, 1.807) is 12.1 Å². The minimum Gasteiger partial charge on any atom is -0.397 e. The number of hydrogen-bond acceptors (Lipinski definition) is 2. The van der Waals surface area contributed by atoms with Gasteiger partial charge in [-0.25, -0.2) is 0 Å². The van der Waals surface area contributed by atoms with Gasteiger partial charge in [0, 0.05) is 0 Å². The molecule has 0 unspecified atom stereocenters. The van der Waals surface area contributed by atoms with Crippen molar-refractivity contribution in [2.45, 2.75) is 0 Å². The van der Waals surface area contributed by atoms with E-state index in [4.69, 9.17) is 22.6 Å². The van der Waals surface area contributed by atoms with E-state index >= 15 is 0 Å². The van der Waals surface area contributed by atoms with E-state index < -0.39 is 0 Å². The number of nitriles is 1. The Morgan fingerprint density at radius 2 is 2.18 bits per heavy atom. The lowest BCUT2D eigenvalue weighted by atomic mass is 10.2. The summed E-state index contributed by atoms with van der Waals surface area (Å²) in [4.78, 5) is 0. The second kappa shape index (κ2) is 3.12. The van der Waals surface area contributed by atoms with Gasteiger partial charge in [-0.3, -0.25) is 0 Å². The Labute approximate surface area is 77.7 Å². The maximum absolute atomic E-state index is 8.54. The van der Waals surface area contributed by atoms with E-state index in [1.807, 2.05) is 6.07 Å². The first kappa shape index (κ1) is 8.38. The monoisotopic (exact) mass is 230 g/mol. The molecular weight excluding hydrogens is 227 g/mol. The minimum absolute atomic E-state index is 0.389. The fourth-order valence-electron chi connectivity index (χ4n) is 0.664. The number of halogens is 2. The molecule has 2 nitrogen and oxygen atoms in total. The van der Waals surface area contributed by atoms with Crippen LogP contribution in [-0.2, 0) is 0 Å². The smallest absolute Gasteiger partial charge is 0.101 e. The van der Waals surface area contributed by atoms with Gasteiger partial charge in [0.15, 0.2) is 0 Å². The normalized spacial score (nSPS) is 9.18. The number of hydrogen-bond donors (Lipinski definition) is 1. The molecule has 1 aromatic rings. The van der Waals surface area contributed by atoms with E-state index in [1.165, 1.54) is 0 Å². The molecule has 0 saturated heterocycles. The van der Waals surface area contributed by atoms with Crippen molar-refractivity contribution >= 4 is 33.2 Å². The van der Waals surface area contributed by atoms with Crippen molar-refractivity contribution in [2.75, 3.05) is 5.73 Å². The number of anilines is 1. The first-order chi connectivity index (χ1) is 5.16. The maximum Gasteiger partial charge on any atom is 0.101 e. The van der Waals surface area contributed by atoms with Gasteiger partial charge in [-0.05, 0) is 28.1 Å². The molecule has 4 heteroatoms. The van der Waals surface area contributed by atoms with Crippen LogP contribution in [0, 0.1) is 11.3 Å². The summed E-state index contributed by atoms with van der Waals surface area (Å²) in [7, 11) is 0. The SMILES string of the molecule is N#Cc1ccc(Cl)c(Br)c1N. The summed E-state index contributed by atoms with van der Waals surface area (Å²) in [5, 5.41) is 9.06. The topological polar surface area (TPSA) is 49.8 Å². The molecule has 0 aliphatic rings. The largest absolute Gasteiger partial charge is 0.397 e. The Hall–Kier alpha value is -0.720. The quantitative estimate of drug-likeness (QED) is 0.698. The number of nitrogens with zero attached hydrogens (tertiary/aromatic N) is 1. The molecular formula is C7H4BrClN2. The Morgan fingerprint density at radius 3 is 2.73 bits per heavy atom. The van der Waals surface area contributed by atoms with Gasteiger partial charge in [-0.2, -0.15) is 5.26 Å². The summed E-state index contributed by atoms with van der Waals surface area (Å²) < 4.78 is 0.582. The van der Waals surface area contributed by atoms with Crippen molar-refractivity contribution in [2.24, 2.45) is 0 Å². The van der Waals surface area contributed by atoms with Crippen LogP contribution in [-0.4, -0.2) is 0 Å². The Morgan fingerprint density at radius 1 is 1.55 bits per heavy atom. The maximum atomic E-state index is 8.54. The first-order valence-corrected chi connectivity index (χ1v) is 3.97. The van der Waals surface area contributed by atoms with E-state index in [2.05, 4.69) is 15.9 Å². The fraction of sp³-hybridized carbons (Fsp3) is 0. The average molecular weight is 231 g/mol. The van der Waals surface area contributed by atoms with Gasteiger partial charge in [-0.15, -0.1) is 0 Å². The van der Waals surface area contributed by atoms with E-state index in [9.17, 15) is 0 Å². The summed E-state index contributed by atoms with van der Waals surface area (Å²) in [6, 6.07) is 5.16. The molecule has 0 fully saturated rings. The summed E-state index contributed by atoms with van der Waals surface area (Å²) >= 11 is 8.87. The molecule has 0 aliphatic carbocycles. The van der Waals surface area contributed by atoms with Crippen LogP contribution in [0.4, 0.5) is 5.69 Å². The van der Waals surface area contributed by atoms with Crippen LogP contribution in [0.25, 0.3) is 0 Å². The lowest BCUT2D eigenvalue weighted by molar-refractivity contribution is 1.47. The molecule has 0 aromatic heterocycles. The number of nitrogens with two attached hydrogens (primary N) is 1. The molecule has 0 aliphatic heterocycles. The zero-order valence-corrected chi connectivity index (χ0v) is 7.78. The van der Waals surface area contributed by atoms with Gasteiger partial charge in [0.05, 0.1) is 20.7 Å². The van der Waals surface area contributed by atoms with Gasteiger partial charge in [0.25, 0.3) is 0 Å². The van der Waals surface area contributed by atoms with E-state index in [0.717, 1.165) is 0 Å². The summed E-state index contributed by atoms with van der Waals surface area (Å²) in [5.41, 5.74) is 6.36. The molecule has 0 spiro atoms. The van der Waals surface area contributed by atoms with Crippen LogP contribution >= 0.6 is 27.5 Å². The molecule has 11 heavy (non-hydrogen) atoms. The van der Waals surface area contributed by atoms with E-state index in [-0.39, 0.29) is 0 Å². The lowest BCUT2D eigenvalue weighted by Gasteiger charge is -2.00. The third-order valence-corrected chi connectivity index (χ3v) is 2.65. The van der Waals surface area contributed by atoms with Gasteiger partial charge in [0.1, 0.15) is 6.07 Å². The second-order valence-electron chi connectivity index (χ2n) is 1.93. The molecule has 2 N–H and O–H groups in total. The van der Waals surface area contributed by atoms with Crippen LogP contribution in [0.3, 0.4) is 0 Å². The molecule has 1 aromatic carbocycles. The molecule has 0 saturated carbocycles. The Balaban J connectivity index is 3.40. The molecule has 0 atom stereocenters. The van der Waals surface area contributed by atoms with Crippen molar-refractivity contribution in [3.63, 3.8) is 0 Å². The molecule has 56 valence electrons. The lowest BCUT2D eigenvalue weighted by Crippen LogP contribution is -1.91.